The molecule has 1 saturated heterocycles. The predicted octanol–water partition coefficient (Wildman–Crippen LogP) is 3.93. The lowest BCUT2D eigenvalue weighted by molar-refractivity contribution is 0.155. The van der Waals surface area contributed by atoms with Gasteiger partial charge < -0.3 is 20.3 Å². The van der Waals surface area contributed by atoms with Gasteiger partial charge in [0.25, 0.3) is 0 Å². The number of benzene rings is 1. The van der Waals surface area contributed by atoms with Gasteiger partial charge in [-0.2, -0.15) is 0 Å². The molecule has 5 nitrogen and oxygen atoms in total. The molecule has 2 rings (SSSR count). The van der Waals surface area contributed by atoms with Crippen LogP contribution >= 0.6 is 24.0 Å². The van der Waals surface area contributed by atoms with E-state index in [4.69, 9.17) is 9.73 Å². The molecule has 0 aromatic heterocycles. The molecule has 0 amide bonds. The zero-order valence-electron chi connectivity index (χ0n) is 18.7. The Hall–Kier alpha value is -0.860. The fourth-order valence-electron chi connectivity index (χ4n) is 3.74. The first-order chi connectivity index (χ1) is 13.5. The highest BCUT2D eigenvalue weighted by atomic mass is 127. The summed E-state index contributed by atoms with van der Waals surface area (Å²) in [6, 6.07) is 11.2. The SMILES string of the molecule is CCNC(=NCC(C)(C)Cc1ccccc1)NC1CCN(CCCOC)CC1.I. The van der Waals surface area contributed by atoms with Crippen molar-refractivity contribution in [1.29, 1.82) is 0 Å². The van der Waals surface area contributed by atoms with Gasteiger partial charge in [-0.05, 0) is 43.6 Å². The molecule has 1 aliphatic heterocycles. The Balaban J connectivity index is 0.00000420. The third-order valence-corrected chi connectivity index (χ3v) is 5.29. The summed E-state index contributed by atoms with van der Waals surface area (Å²) in [7, 11) is 1.78. The number of ether oxygens (including phenoxy) is 1. The minimum atomic E-state index is 0. The number of methoxy groups -OCH3 is 1. The van der Waals surface area contributed by atoms with Crippen LogP contribution in [0.1, 0.15) is 45.6 Å². The van der Waals surface area contributed by atoms with Crippen LogP contribution in [0.3, 0.4) is 0 Å². The Morgan fingerprint density at radius 2 is 1.90 bits per heavy atom. The summed E-state index contributed by atoms with van der Waals surface area (Å²) in [5, 5.41) is 7.10. The first-order valence-electron chi connectivity index (χ1n) is 10.8. The minimum absolute atomic E-state index is 0. The second kappa shape index (κ2) is 14.2. The molecule has 166 valence electrons. The highest BCUT2D eigenvalue weighted by Gasteiger charge is 2.21. The summed E-state index contributed by atoms with van der Waals surface area (Å²) in [6.45, 7) is 12.7. The molecular weight excluding hydrogens is 475 g/mol. The lowest BCUT2D eigenvalue weighted by Crippen LogP contribution is -2.49. The maximum Gasteiger partial charge on any atom is 0.191 e. The number of halogens is 1. The smallest absolute Gasteiger partial charge is 0.191 e. The number of hydrogen-bond donors (Lipinski definition) is 2. The molecule has 1 aromatic carbocycles. The van der Waals surface area contributed by atoms with Crippen molar-refractivity contribution in [3.8, 4) is 0 Å². The third-order valence-electron chi connectivity index (χ3n) is 5.29. The molecule has 0 spiro atoms. The van der Waals surface area contributed by atoms with Crippen LogP contribution < -0.4 is 10.6 Å². The van der Waals surface area contributed by atoms with Crippen molar-refractivity contribution >= 4 is 29.9 Å². The van der Waals surface area contributed by atoms with Gasteiger partial charge in [0.1, 0.15) is 0 Å². The van der Waals surface area contributed by atoms with Crippen molar-refractivity contribution < 1.29 is 4.74 Å². The number of likely N-dealkylation sites (tertiary alicyclic amines) is 1. The molecular formula is C23H41IN4O. The monoisotopic (exact) mass is 516 g/mol. The lowest BCUT2D eigenvalue weighted by atomic mass is 9.86. The van der Waals surface area contributed by atoms with E-state index in [1.54, 1.807) is 7.11 Å². The van der Waals surface area contributed by atoms with E-state index in [1.165, 1.54) is 18.4 Å². The van der Waals surface area contributed by atoms with Crippen LogP contribution in [0.5, 0.6) is 0 Å². The normalized spacial score (nSPS) is 16.3. The number of hydrogen-bond acceptors (Lipinski definition) is 3. The topological polar surface area (TPSA) is 48.9 Å². The van der Waals surface area contributed by atoms with Crippen molar-refractivity contribution in [3.05, 3.63) is 35.9 Å². The van der Waals surface area contributed by atoms with E-state index in [1.807, 2.05) is 0 Å². The lowest BCUT2D eigenvalue weighted by Gasteiger charge is -2.33. The van der Waals surface area contributed by atoms with Crippen LogP contribution in [0.4, 0.5) is 0 Å². The minimum Gasteiger partial charge on any atom is -0.385 e. The zero-order valence-corrected chi connectivity index (χ0v) is 21.1. The molecule has 0 radical (unpaired) electrons. The molecule has 1 heterocycles. The fraction of sp³-hybridized carbons (Fsp3) is 0.696. The number of guanidine groups is 1. The second-order valence-corrected chi connectivity index (χ2v) is 8.63. The molecule has 0 bridgehead atoms. The van der Waals surface area contributed by atoms with Crippen LogP contribution in [-0.4, -0.2) is 63.3 Å². The van der Waals surface area contributed by atoms with E-state index < -0.39 is 0 Å². The van der Waals surface area contributed by atoms with Crippen molar-refractivity contribution in [2.75, 3.05) is 46.4 Å². The van der Waals surface area contributed by atoms with E-state index in [0.29, 0.717) is 6.04 Å². The summed E-state index contributed by atoms with van der Waals surface area (Å²) in [5.41, 5.74) is 1.51. The van der Waals surface area contributed by atoms with Crippen LogP contribution in [0.15, 0.2) is 35.3 Å². The molecule has 0 aliphatic carbocycles. The average Bonchev–Trinajstić information content (AvgIpc) is 2.68. The van der Waals surface area contributed by atoms with E-state index >= 15 is 0 Å². The maximum absolute atomic E-state index is 5.16. The quantitative estimate of drug-likeness (QED) is 0.214. The van der Waals surface area contributed by atoms with Crippen LogP contribution in [0, 0.1) is 5.41 Å². The van der Waals surface area contributed by atoms with Crippen LogP contribution in [-0.2, 0) is 11.2 Å². The van der Waals surface area contributed by atoms with Crippen LogP contribution in [0.2, 0.25) is 0 Å². The van der Waals surface area contributed by atoms with Gasteiger partial charge in [0.2, 0.25) is 0 Å². The average molecular weight is 517 g/mol. The number of rotatable bonds is 10. The van der Waals surface area contributed by atoms with Crippen molar-refractivity contribution in [2.45, 2.75) is 52.5 Å². The number of nitrogens with zero attached hydrogens (tertiary/aromatic N) is 2. The van der Waals surface area contributed by atoms with Gasteiger partial charge >= 0.3 is 0 Å². The summed E-state index contributed by atoms with van der Waals surface area (Å²) in [6.07, 6.45) is 4.50. The van der Waals surface area contributed by atoms with Gasteiger partial charge in [0.05, 0.1) is 0 Å². The summed E-state index contributed by atoms with van der Waals surface area (Å²) >= 11 is 0. The van der Waals surface area contributed by atoms with Crippen molar-refractivity contribution in [3.63, 3.8) is 0 Å². The zero-order chi connectivity index (χ0) is 20.2. The van der Waals surface area contributed by atoms with Crippen LogP contribution in [0.25, 0.3) is 0 Å². The van der Waals surface area contributed by atoms with Gasteiger partial charge in [-0.1, -0.05) is 44.2 Å². The van der Waals surface area contributed by atoms with Gasteiger partial charge in [-0.25, -0.2) is 0 Å². The molecule has 1 aliphatic rings. The molecule has 1 aromatic rings. The molecule has 2 N–H and O–H groups in total. The summed E-state index contributed by atoms with van der Waals surface area (Å²) < 4.78 is 5.16. The second-order valence-electron chi connectivity index (χ2n) is 8.63. The molecule has 0 saturated carbocycles. The number of piperidine rings is 1. The van der Waals surface area contributed by atoms with Crippen molar-refractivity contribution in [2.24, 2.45) is 10.4 Å². The standard InChI is InChI=1S/C23H40N4O.HI/c1-5-24-22(25-19-23(2,3)18-20-10-7-6-8-11-20)26-21-12-15-27(16-13-21)14-9-17-28-4;/h6-8,10-11,21H,5,9,12-19H2,1-4H3,(H2,24,25,26);1H. The van der Waals surface area contributed by atoms with E-state index in [2.05, 4.69) is 66.6 Å². The fourth-order valence-corrected chi connectivity index (χ4v) is 3.74. The number of nitrogens with one attached hydrogen (secondary N) is 2. The van der Waals surface area contributed by atoms with E-state index in [9.17, 15) is 0 Å². The summed E-state index contributed by atoms with van der Waals surface area (Å²) in [5.74, 6) is 0.960. The highest BCUT2D eigenvalue weighted by Crippen LogP contribution is 2.22. The van der Waals surface area contributed by atoms with E-state index in [0.717, 1.165) is 58.1 Å². The van der Waals surface area contributed by atoms with Gasteiger partial charge in [0.15, 0.2) is 5.96 Å². The largest absolute Gasteiger partial charge is 0.385 e. The van der Waals surface area contributed by atoms with Gasteiger partial charge in [-0.3, -0.25) is 4.99 Å². The third kappa shape index (κ3) is 10.6. The Kier molecular flexibility index (Phi) is 12.8. The summed E-state index contributed by atoms with van der Waals surface area (Å²) in [4.78, 5) is 7.47. The first kappa shape index (κ1) is 26.2. The van der Waals surface area contributed by atoms with E-state index in [-0.39, 0.29) is 29.4 Å². The molecule has 1 fully saturated rings. The first-order valence-corrected chi connectivity index (χ1v) is 10.8. The Bertz CT molecular complexity index is 572. The maximum atomic E-state index is 5.16. The van der Waals surface area contributed by atoms with Crippen molar-refractivity contribution in [1.82, 2.24) is 15.5 Å². The Morgan fingerprint density at radius 3 is 2.52 bits per heavy atom. The van der Waals surface area contributed by atoms with Gasteiger partial charge in [-0.15, -0.1) is 24.0 Å². The Labute approximate surface area is 195 Å². The molecule has 29 heavy (non-hydrogen) atoms. The van der Waals surface area contributed by atoms with Gasteiger partial charge in [0, 0.05) is 52.5 Å². The number of aliphatic imine (C=N–C) groups is 1. The highest BCUT2D eigenvalue weighted by molar-refractivity contribution is 14.0. The molecule has 6 heteroatoms. The predicted molar refractivity (Wildman–Crippen MR) is 134 cm³/mol. The molecule has 0 atom stereocenters. The Morgan fingerprint density at radius 1 is 1.21 bits per heavy atom. The molecule has 0 unspecified atom stereocenters.